The first-order valence-corrected chi connectivity index (χ1v) is 33.4. The van der Waals surface area contributed by atoms with E-state index in [0.717, 1.165) is 52.4 Å². The van der Waals surface area contributed by atoms with E-state index in [1.54, 1.807) is 13.0 Å². The molecule has 27 nitrogen and oxygen atoms in total. The number of benzene rings is 8. The standard InChI is InChI=1S/C52H36N10O17S7/c1-28-44(27-53)49(54-34-11-16-38(17-12-34)82(65,66)67)57-50(55-35-13-18-39(19-14-35)83(68,69)70)47(28)59-61-52-56-48(33-7-6-29-4-2-3-5-30(29)20-33)51(80-52)60-58-36-10-8-32-22-40(15-9-31(32)21-36)81(63,64)62-37-23-42-43(45(24-37)85(74,75)76)25-41(84(71,72)73)26-46(42)86(77,78)79/h2-26,62H,1H3,(H2,54,55,57)(H,65,66,67)(H,68,69,70)(H,71,72,73)(H,74,75,76)(H,77,78,79). The largest absolute Gasteiger partial charge is 0.339 e. The summed E-state index contributed by atoms with van der Waals surface area (Å²) < 4.78 is 199. The van der Waals surface area contributed by atoms with Crippen molar-refractivity contribution in [1.82, 2.24) is 9.97 Å². The number of hydrogen-bond donors (Lipinski definition) is 8. The molecule has 0 aliphatic heterocycles. The predicted octanol–water partition coefficient (Wildman–Crippen LogP) is 11.2. The summed E-state index contributed by atoms with van der Waals surface area (Å²) in [5.41, 5.74) is 1.25. The fraction of sp³-hybridized carbons (Fsp3) is 0.0192. The topological polar surface area (TPSA) is 441 Å². The van der Waals surface area contributed by atoms with Gasteiger partial charge in [0.1, 0.15) is 27.2 Å². The molecule has 8 aromatic carbocycles. The Morgan fingerprint density at radius 2 is 1.01 bits per heavy atom. The fourth-order valence-electron chi connectivity index (χ4n) is 8.62. The Labute approximate surface area is 491 Å². The van der Waals surface area contributed by atoms with Crippen LogP contribution >= 0.6 is 11.3 Å². The molecule has 0 atom stereocenters. The van der Waals surface area contributed by atoms with Crippen LogP contribution in [-0.4, -0.2) is 83.2 Å². The summed E-state index contributed by atoms with van der Waals surface area (Å²) >= 11 is 0.962. The van der Waals surface area contributed by atoms with E-state index < -0.39 is 106 Å². The number of anilines is 5. The number of nitriles is 1. The quantitative estimate of drug-likeness (QED) is 0.0310. The van der Waals surface area contributed by atoms with Gasteiger partial charge in [0.25, 0.3) is 60.6 Å². The first-order chi connectivity index (χ1) is 40.3. The molecular weight excluding hydrogens is 1260 g/mol. The number of sulfonamides is 1. The lowest BCUT2D eigenvalue weighted by atomic mass is 10.1. The Kier molecular flexibility index (Phi) is 15.6. The van der Waals surface area contributed by atoms with Crippen molar-refractivity contribution in [3.63, 3.8) is 0 Å². The van der Waals surface area contributed by atoms with Crippen LogP contribution in [0.15, 0.2) is 201 Å². The van der Waals surface area contributed by atoms with Crippen molar-refractivity contribution in [1.29, 1.82) is 5.26 Å². The summed E-state index contributed by atoms with van der Waals surface area (Å²) in [6.07, 6.45) is 0. The van der Waals surface area contributed by atoms with Crippen LogP contribution in [0.2, 0.25) is 0 Å². The first-order valence-electron chi connectivity index (χ1n) is 23.9. The summed E-state index contributed by atoms with van der Waals surface area (Å²) in [4.78, 5) is 4.59. The SMILES string of the molecule is Cc1c(C#N)c(Nc2ccc(S(=O)(=O)O)cc2)nc(Nc2ccc(S(=O)(=O)O)cc2)c1N=Nc1nc(-c2ccc3ccccc3c2)c(N=Nc2ccc3cc(S(=O)(=O)Nc4cc(S(=O)(=O)O)c5cc(S(=O)(=O)O)cc(S(=O)(=O)O)c5c4)ccc3c2)s1. The van der Waals surface area contributed by atoms with E-state index in [1.807, 2.05) is 42.5 Å². The van der Waals surface area contributed by atoms with Gasteiger partial charge in [-0.15, -0.1) is 20.5 Å². The third-order valence-electron chi connectivity index (χ3n) is 12.6. The number of aromatic nitrogens is 2. The average molecular weight is 1300 g/mol. The van der Waals surface area contributed by atoms with Crippen molar-refractivity contribution in [2.75, 3.05) is 15.4 Å². The highest BCUT2D eigenvalue weighted by atomic mass is 32.2. The molecule has 10 rings (SSSR count). The van der Waals surface area contributed by atoms with Gasteiger partial charge >= 0.3 is 0 Å². The monoisotopic (exact) mass is 1300 g/mol. The lowest BCUT2D eigenvalue weighted by molar-refractivity contribution is 0.478. The molecule has 0 spiro atoms. The van der Waals surface area contributed by atoms with Gasteiger partial charge in [0, 0.05) is 33.3 Å². The van der Waals surface area contributed by atoms with Crippen LogP contribution in [0.1, 0.15) is 11.1 Å². The van der Waals surface area contributed by atoms with Crippen molar-refractivity contribution >= 4 is 154 Å². The lowest BCUT2D eigenvalue weighted by Gasteiger charge is -2.16. The number of rotatable bonds is 17. The number of azo groups is 2. The second kappa shape index (κ2) is 22.4. The summed E-state index contributed by atoms with van der Waals surface area (Å²) in [6, 6.07) is 35.6. The molecule has 438 valence electrons. The number of fused-ring (bicyclic) bond motifs is 3. The molecule has 34 heteroatoms. The van der Waals surface area contributed by atoms with Gasteiger partial charge in [-0.05, 0) is 132 Å². The molecule has 0 radical (unpaired) electrons. The van der Waals surface area contributed by atoms with E-state index in [1.165, 1.54) is 54.6 Å². The maximum Gasteiger partial charge on any atom is 0.295 e. The maximum absolute atomic E-state index is 13.8. The normalized spacial score (nSPS) is 12.8. The Bertz CT molecular complexity index is 5340. The van der Waals surface area contributed by atoms with Gasteiger partial charge in [0.05, 0.1) is 36.5 Å². The molecule has 10 aromatic rings. The van der Waals surface area contributed by atoms with Crippen molar-refractivity contribution in [2.45, 2.75) is 36.3 Å². The molecule has 8 N–H and O–H groups in total. The van der Waals surface area contributed by atoms with Crippen LogP contribution in [0.5, 0.6) is 0 Å². The van der Waals surface area contributed by atoms with Crippen LogP contribution < -0.4 is 15.4 Å². The third kappa shape index (κ3) is 12.9. The Morgan fingerprint density at radius 3 is 1.62 bits per heavy atom. The van der Waals surface area contributed by atoms with Gasteiger partial charge in [-0.2, -0.15) is 47.4 Å². The minimum absolute atomic E-state index is 0.00889. The Hall–Kier alpha value is -9.09. The van der Waals surface area contributed by atoms with Gasteiger partial charge in [-0.3, -0.25) is 27.5 Å². The first kappa shape index (κ1) is 60.0. The zero-order valence-electron chi connectivity index (χ0n) is 43.1. The molecule has 0 saturated heterocycles. The van der Waals surface area contributed by atoms with E-state index in [9.17, 15) is 78.5 Å². The molecule has 2 aromatic heterocycles. The Balaban J connectivity index is 0.993. The maximum atomic E-state index is 13.8. The van der Waals surface area contributed by atoms with Crippen LogP contribution in [0.4, 0.5) is 50.2 Å². The lowest BCUT2D eigenvalue weighted by Crippen LogP contribution is -2.14. The van der Waals surface area contributed by atoms with Crippen molar-refractivity contribution in [3.05, 3.63) is 163 Å². The fourth-order valence-corrected chi connectivity index (χ4v) is 13.4. The van der Waals surface area contributed by atoms with Gasteiger partial charge in [0.15, 0.2) is 16.6 Å². The van der Waals surface area contributed by atoms with Crippen LogP contribution in [0.3, 0.4) is 0 Å². The molecular formula is C52H36N10O17S7. The highest BCUT2D eigenvalue weighted by Crippen LogP contribution is 2.44. The molecule has 86 heavy (non-hydrogen) atoms. The van der Waals surface area contributed by atoms with Gasteiger partial charge in [-0.1, -0.05) is 59.9 Å². The zero-order valence-corrected chi connectivity index (χ0v) is 48.8. The molecule has 0 unspecified atom stereocenters. The summed E-state index contributed by atoms with van der Waals surface area (Å²) in [5.74, 6) is -0.0585. The van der Waals surface area contributed by atoms with Gasteiger partial charge in [0.2, 0.25) is 5.13 Å². The van der Waals surface area contributed by atoms with E-state index >= 15 is 0 Å². The number of nitrogens with zero attached hydrogens (tertiary/aromatic N) is 7. The molecule has 2 heterocycles. The van der Waals surface area contributed by atoms with Gasteiger partial charge in [-0.25, -0.2) is 18.4 Å². The third-order valence-corrected chi connectivity index (χ3v) is 19.2. The minimum Gasteiger partial charge on any atom is -0.339 e. The van der Waals surface area contributed by atoms with Crippen molar-refractivity contribution in [2.24, 2.45) is 20.5 Å². The van der Waals surface area contributed by atoms with Crippen LogP contribution in [0, 0.1) is 18.3 Å². The number of nitrogens with one attached hydrogen (secondary N) is 3. The predicted molar refractivity (Wildman–Crippen MR) is 314 cm³/mol. The number of hydrogen-bond acceptors (Lipinski definition) is 22. The van der Waals surface area contributed by atoms with Crippen molar-refractivity contribution < 1.29 is 73.3 Å². The molecule has 0 aliphatic rings. The average Bonchev–Trinajstić information content (AvgIpc) is 3.25. The smallest absolute Gasteiger partial charge is 0.295 e. The van der Waals surface area contributed by atoms with E-state index in [-0.39, 0.29) is 55.6 Å². The van der Waals surface area contributed by atoms with Crippen molar-refractivity contribution in [3.8, 4) is 17.3 Å². The summed E-state index contributed by atoms with van der Waals surface area (Å²) in [7, 11) is -29.8. The van der Waals surface area contributed by atoms with Crippen LogP contribution in [0.25, 0.3) is 43.6 Å². The second-order valence-corrected chi connectivity index (χ2v) is 28.0. The molecule has 0 aliphatic carbocycles. The highest BCUT2D eigenvalue weighted by molar-refractivity contribution is 7.92. The van der Waals surface area contributed by atoms with Crippen LogP contribution in [-0.2, 0) is 60.6 Å². The van der Waals surface area contributed by atoms with E-state index in [2.05, 4.69) is 46.9 Å². The Morgan fingerprint density at radius 1 is 0.477 bits per heavy atom. The van der Waals surface area contributed by atoms with Gasteiger partial charge < -0.3 is 10.6 Å². The highest BCUT2D eigenvalue weighted by Gasteiger charge is 2.28. The number of thiazole rings is 1. The van der Waals surface area contributed by atoms with E-state index in [4.69, 9.17) is 4.98 Å². The zero-order chi connectivity index (χ0) is 61.9. The van der Waals surface area contributed by atoms with E-state index in [0.29, 0.717) is 40.2 Å². The summed E-state index contributed by atoms with van der Waals surface area (Å²) in [6.45, 7) is 1.55. The minimum atomic E-state index is -5.40. The molecule has 0 bridgehead atoms. The second-order valence-electron chi connectivity index (χ2n) is 18.3. The molecule has 0 fully saturated rings. The summed E-state index contributed by atoms with van der Waals surface area (Å²) in [5, 5.41) is 35.7. The molecule has 0 saturated carbocycles. The number of pyridine rings is 1. The molecule has 0 amide bonds.